The molecular formula is C16H31N3O2. The molecule has 0 spiro atoms. The van der Waals surface area contributed by atoms with E-state index in [2.05, 4.69) is 31.1 Å². The molecule has 2 amide bonds. The van der Waals surface area contributed by atoms with Crippen LogP contribution in [0.2, 0.25) is 0 Å². The molecule has 1 aliphatic rings. The van der Waals surface area contributed by atoms with Crippen LogP contribution in [0.15, 0.2) is 0 Å². The number of carbonyl (C=O) groups excluding carboxylic acids is 2. The van der Waals surface area contributed by atoms with Crippen LogP contribution in [0.5, 0.6) is 0 Å². The lowest BCUT2D eigenvalue weighted by molar-refractivity contribution is -0.150. The third-order valence-corrected chi connectivity index (χ3v) is 4.29. The Morgan fingerprint density at radius 2 is 1.81 bits per heavy atom. The molecule has 2 unspecified atom stereocenters. The second-order valence-electron chi connectivity index (χ2n) is 6.73. The van der Waals surface area contributed by atoms with Crippen molar-refractivity contribution in [2.24, 2.45) is 5.92 Å². The summed E-state index contributed by atoms with van der Waals surface area (Å²) in [4.78, 5) is 28.5. The van der Waals surface area contributed by atoms with Gasteiger partial charge >= 0.3 is 0 Å². The van der Waals surface area contributed by atoms with E-state index in [1.165, 1.54) is 0 Å². The first-order chi connectivity index (χ1) is 9.75. The van der Waals surface area contributed by atoms with E-state index in [-0.39, 0.29) is 23.8 Å². The van der Waals surface area contributed by atoms with Gasteiger partial charge in [0.25, 0.3) is 0 Å². The average Bonchev–Trinajstić information content (AvgIpc) is 2.38. The fourth-order valence-corrected chi connectivity index (χ4v) is 2.70. The maximum Gasteiger partial charge on any atom is 0.245 e. The van der Waals surface area contributed by atoms with E-state index in [0.717, 1.165) is 19.4 Å². The predicted molar refractivity (Wildman–Crippen MR) is 84.9 cm³/mol. The highest BCUT2D eigenvalue weighted by Crippen LogP contribution is 2.18. The first-order valence-corrected chi connectivity index (χ1v) is 8.06. The van der Waals surface area contributed by atoms with Gasteiger partial charge in [0.2, 0.25) is 11.8 Å². The topological polar surface area (TPSA) is 52.7 Å². The number of nitrogens with one attached hydrogen (secondary N) is 1. The highest BCUT2D eigenvalue weighted by Gasteiger charge is 2.39. The van der Waals surface area contributed by atoms with Crippen LogP contribution < -0.4 is 5.32 Å². The Morgan fingerprint density at radius 3 is 2.33 bits per heavy atom. The van der Waals surface area contributed by atoms with E-state index in [1.54, 1.807) is 11.8 Å². The minimum Gasteiger partial charge on any atom is -0.343 e. The van der Waals surface area contributed by atoms with Crippen molar-refractivity contribution in [1.82, 2.24) is 15.1 Å². The SMILES string of the molecule is CC1NC(=O)C(C(C)C)N(CCCCN(C)C(C)C)C1=O. The first kappa shape index (κ1) is 18.0. The second-order valence-corrected chi connectivity index (χ2v) is 6.73. The van der Waals surface area contributed by atoms with E-state index in [0.29, 0.717) is 12.6 Å². The minimum atomic E-state index is -0.397. The van der Waals surface area contributed by atoms with Gasteiger partial charge in [0, 0.05) is 12.6 Å². The Labute approximate surface area is 129 Å². The molecule has 0 radical (unpaired) electrons. The summed E-state index contributed by atoms with van der Waals surface area (Å²) < 4.78 is 0. The number of hydrogen-bond donors (Lipinski definition) is 1. The monoisotopic (exact) mass is 297 g/mol. The lowest BCUT2D eigenvalue weighted by atomic mass is 9.97. The Balaban J connectivity index is 2.56. The van der Waals surface area contributed by atoms with Gasteiger partial charge in [0.1, 0.15) is 12.1 Å². The van der Waals surface area contributed by atoms with Crippen LogP contribution in [0.3, 0.4) is 0 Å². The molecule has 0 aromatic heterocycles. The third kappa shape index (κ3) is 4.70. The molecule has 1 N–H and O–H groups in total. The molecule has 0 aliphatic carbocycles. The molecule has 1 rings (SSSR count). The van der Waals surface area contributed by atoms with Crippen molar-refractivity contribution >= 4 is 11.8 Å². The van der Waals surface area contributed by atoms with E-state index < -0.39 is 6.04 Å². The van der Waals surface area contributed by atoms with E-state index in [4.69, 9.17) is 0 Å². The van der Waals surface area contributed by atoms with Crippen molar-refractivity contribution < 1.29 is 9.59 Å². The molecule has 0 aromatic rings. The van der Waals surface area contributed by atoms with Crippen LogP contribution >= 0.6 is 0 Å². The van der Waals surface area contributed by atoms with Gasteiger partial charge in [-0.25, -0.2) is 0 Å². The zero-order chi connectivity index (χ0) is 16.2. The number of carbonyl (C=O) groups is 2. The zero-order valence-electron chi connectivity index (χ0n) is 14.3. The number of nitrogens with zero attached hydrogens (tertiary/aromatic N) is 2. The lowest BCUT2D eigenvalue weighted by Crippen LogP contribution is -2.64. The van der Waals surface area contributed by atoms with E-state index in [1.807, 2.05) is 13.8 Å². The normalized spacial score (nSPS) is 23.4. The summed E-state index contributed by atoms with van der Waals surface area (Å²) in [5.74, 6) is 0.168. The highest BCUT2D eigenvalue weighted by molar-refractivity contribution is 5.96. The van der Waals surface area contributed by atoms with Crippen molar-refractivity contribution in [3.63, 3.8) is 0 Å². The second kappa shape index (κ2) is 7.78. The quantitative estimate of drug-likeness (QED) is 0.724. The number of rotatable bonds is 7. The molecule has 1 heterocycles. The van der Waals surface area contributed by atoms with Gasteiger partial charge < -0.3 is 15.1 Å². The zero-order valence-corrected chi connectivity index (χ0v) is 14.3. The van der Waals surface area contributed by atoms with E-state index in [9.17, 15) is 9.59 Å². The molecule has 1 fully saturated rings. The Hall–Kier alpha value is -1.10. The molecular weight excluding hydrogens is 266 g/mol. The van der Waals surface area contributed by atoms with Gasteiger partial charge in [-0.3, -0.25) is 9.59 Å². The fourth-order valence-electron chi connectivity index (χ4n) is 2.70. The van der Waals surface area contributed by atoms with Gasteiger partial charge in [0.15, 0.2) is 0 Å². The van der Waals surface area contributed by atoms with Gasteiger partial charge in [-0.05, 0) is 53.1 Å². The van der Waals surface area contributed by atoms with Crippen LogP contribution in [0.1, 0.15) is 47.5 Å². The van der Waals surface area contributed by atoms with Crippen molar-refractivity contribution in [3.8, 4) is 0 Å². The lowest BCUT2D eigenvalue weighted by Gasteiger charge is -2.40. The molecule has 2 atom stereocenters. The molecule has 122 valence electrons. The maximum absolute atomic E-state index is 12.3. The summed E-state index contributed by atoms with van der Waals surface area (Å²) in [5.41, 5.74) is 0. The molecule has 0 bridgehead atoms. The van der Waals surface area contributed by atoms with Crippen LogP contribution in [0.4, 0.5) is 0 Å². The molecule has 1 saturated heterocycles. The standard InChI is InChI=1S/C16H31N3O2/c1-11(2)14-15(20)17-13(5)16(21)19(14)10-8-7-9-18(6)12(3)4/h11-14H,7-10H2,1-6H3,(H,17,20). The van der Waals surface area contributed by atoms with Crippen LogP contribution in [-0.2, 0) is 9.59 Å². The first-order valence-electron chi connectivity index (χ1n) is 8.06. The fraction of sp³-hybridized carbons (Fsp3) is 0.875. The summed E-state index contributed by atoms with van der Waals surface area (Å²) in [7, 11) is 2.11. The van der Waals surface area contributed by atoms with Crippen molar-refractivity contribution in [2.45, 2.75) is 65.6 Å². The Morgan fingerprint density at radius 1 is 1.19 bits per heavy atom. The predicted octanol–water partition coefficient (Wildman–Crippen LogP) is 1.48. The smallest absolute Gasteiger partial charge is 0.245 e. The summed E-state index contributed by atoms with van der Waals surface area (Å²) >= 11 is 0. The van der Waals surface area contributed by atoms with Crippen LogP contribution in [0.25, 0.3) is 0 Å². The maximum atomic E-state index is 12.3. The van der Waals surface area contributed by atoms with Crippen molar-refractivity contribution in [1.29, 1.82) is 0 Å². The molecule has 5 nitrogen and oxygen atoms in total. The van der Waals surface area contributed by atoms with Gasteiger partial charge in [-0.2, -0.15) is 0 Å². The molecule has 5 heteroatoms. The van der Waals surface area contributed by atoms with E-state index >= 15 is 0 Å². The van der Waals surface area contributed by atoms with Gasteiger partial charge in [-0.1, -0.05) is 13.8 Å². The number of amides is 2. The van der Waals surface area contributed by atoms with Gasteiger partial charge in [-0.15, -0.1) is 0 Å². The highest BCUT2D eigenvalue weighted by atomic mass is 16.2. The summed E-state index contributed by atoms with van der Waals surface area (Å²) in [6.07, 6.45) is 1.98. The van der Waals surface area contributed by atoms with Crippen molar-refractivity contribution in [3.05, 3.63) is 0 Å². The summed E-state index contributed by atoms with van der Waals surface area (Å²) in [6, 6.07) is -0.182. The number of unbranched alkanes of at least 4 members (excludes halogenated alkanes) is 1. The summed E-state index contributed by atoms with van der Waals surface area (Å²) in [5, 5.41) is 2.78. The molecule has 21 heavy (non-hydrogen) atoms. The molecule has 0 saturated carbocycles. The number of piperazine rings is 1. The molecule has 1 aliphatic heterocycles. The average molecular weight is 297 g/mol. The van der Waals surface area contributed by atoms with Gasteiger partial charge in [0.05, 0.1) is 0 Å². The largest absolute Gasteiger partial charge is 0.343 e. The third-order valence-electron chi connectivity index (χ3n) is 4.29. The Kier molecular flexibility index (Phi) is 6.65. The Bertz CT molecular complexity index is 369. The van der Waals surface area contributed by atoms with Crippen molar-refractivity contribution in [2.75, 3.05) is 20.1 Å². The molecule has 0 aromatic carbocycles. The summed E-state index contributed by atoms with van der Waals surface area (Å²) in [6.45, 7) is 11.8. The minimum absolute atomic E-state index is 0.0172. The number of hydrogen-bond acceptors (Lipinski definition) is 3. The van der Waals surface area contributed by atoms with Crippen LogP contribution in [-0.4, -0.2) is 59.9 Å². The van der Waals surface area contributed by atoms with Crippen LogP contribution in [0, 0.1) is 5.92 Å².